The zero-order valence-electron chi connectivity index (χ0n) is 9.90. The third-order valence-corrected chi connectivity index (χ3v) is 3.11. The topological polar surface area (TPSA) is 49.9 Å². The Bertz CT molecular complexity index is 519. The van der Waals surface area contributed by atoms with Crippen molar-refractivity contribution in [2.45, 2.75) is 25.5 Å². The van der Waals surface area contributed by atoms with Crippen molar-refractivity contribution < 1.29 is 4.74 Å². The fraction of sp³-hybridized carbons (Fsp3) is 0.308. The maximum absolute atomic E-state index is 5.96. The third kappa shape index (κ3) is 1.65. The zero-order chi connectivity index (χ0) is 11.9. The van der Waals surface area contributed by atoms with E-state index in [2.05, 4.69) is 35.4 Å². The number of hydrogen-bond donors (Lipinski definition) is 2. The molecule has 2 aromatic rings. The van der Waals surface area contributed by atoms with Crippen molar-refractivity contribution in [3.05, 3.63) is 42.2 Å². The number of H-pyrrole nitrogens is 1. The van der Waals surface area contributed by atoms with E-state index in [1.165, 1.54) is 5.56 Å². The largest absolute Gasteiger partial charge is 0.485 e. The number of ether oxygens (including phenoxy) is 1. The molecule has 0 bridgehead atoms. The number of para-hydroxylation sites is 1. The van der Waals surface area contributed by atoms with E-state index in [-0.39, 0.29) is 11.6 Å². The summed E-state index contributed by atoms with van der Waals surface area (Å²) in [6, 6.07) is 8.27. The first-order valence-corrected chi connectivity index (χ1v) is 5.70. The van der Waals surface area contributed by atoms with Crippen LogP contribution in [0, 0.1) is 0 Å². The fourth-order valence-corrected chi connectivity index (χ4v) is 2.28. The molecule has 0 spiro atoms. The van der Waals surface area contributed by atoms with Crippen LogP contribution in [-0.2, 0) is 0 Å². The average Bonchev–Trinajstić information content (AvgIpc) is 2.86. The third-order valence-electron chi connectivity index (χ3n) is 3.11. The number of aromatic amines is 1. The van der Waals surface area contributed by atoms with Crippen LogP contribution < -0.4 is 10.1 Å². The summed E-state index contributed by atoms with van der Waals surface area (Å²) in [6.45, 7) is 4.18. The molecule has 0 aliphatic carbocycles. The molecule has 1 atom stereocenters. The van der Waals surface area contributed by atoms with Crippen molar-refractivity contribution in [1.29, 1.82) is 0 Å². The Morgan fingerprint density at radius 2 is 2.18 bits per heavy atom. The molecule has 4 nitrogen and oxygen atoms in total. The van der Waals surface area contributed by atoms with Crippen LogP contribution in [0.4, 0.5) is 5.69 Å². The van der Waals surface area contributed by atoms with Gasteiger partial charge in [0.05, 0.1) is 17.9 Å². The van der Waals surface area contributed by atoms with Gasteiger partial charge in [-0.25, -0.2) is 0 Å². The van der Waals surface area contributed by atoms with Crippen molar-refractivity contribution in [1.82, 2.24) is 10.2 Å². The van der Waals surface area contributed by atoms with E-state index in [1.807, 2.05) is 24.4 Å². The number of nitrogens with one attached hydrogen (secondary N) is 2. The molecule has 0 fully saturated rings. The molecule has 4 heteroatoms. The summed E-state index contributed by atoms with van der Waals surface area (Å²) >= 11 is 0. The number of rotatable bonds is 2. The Morgan fingerprint density at radius 3 is 2.94 bits per heavy atom. The molecule has 17 heavy (non-hydrogen) atoms. The molecular weight excluding hydrogens is 214 g/mol. The quantitative estimate of drug-likeness (QED) is 0.832. The van der Waals surface area contributed by atoms with Gasteiger partial charge in [0.25, 0.3) is 0 Å². The summed E-state index contributed by atoms with van der Waals surface area (Å²) in [5, 5.41) is 10.2. The van der Waals surface area contributed by atoms with Crippen LogP contribution in [-0.4, -0.2) is 15.8 Å². The van der Waals surface area contributed by atoms with E-state index in [1.54, 1.807) is 6.20 Å². The number of fused-ring (bicyclic) bond motifs is 1. The minimum absolute atomic E-state index is 0.135. The van der Waals surface area contributed by atoms with E-state index in [9.17, 15) is 0 Å². The van der Waals surface area contributed by atoms with Gasteiger partial charge in [0, 0.05) is 11.8 Å². The lowest BCUT2D eigenvalue weighted by atomic mass is 9.94. The molecule has 1 aliphatic rings. The van der Waals surface area contributed by atoms with Gasteiger partial charge in [-0.05, 0) is 19.9 Å². The van der Waals surface area contributed by atoms with E-state index >= 15 is 0 Å². The molecular formula is C13H15N3O. The Kier molecular flexibility index (Phi) is 2.11. The molecule has 0 saturated heterocycles. The van der Waals surface area contributed by atoms with Gasteiger partial charge in [-0.1, -0.05) is 18.2 Å². The first-order chi connectivity index (χ1) is 8.17. The molecule has 1 aromatic carbocycles. The van der Waals surface area contributed by atoms with Crippen LogP contribution in [0.5, 0.6) is 5.75 Å². The van der Waals surface area contributed by atoms with Gasteiger partial charge in [0.2, 0.25) is 0 Å². The normalized spacial score (nSPS) is 20.7. The zero-order valence-corrected chi connectivity index (χ0v) is 9.90. The Labute approximate surface area is 100 Å². The monoisotopic (exact) mass is 229 g/mol. The second-order valence-electron chi connectivity index (χ2n) is 4.81. The second-order valence-corrected chi connectivity index (χ2v) is 4.81. The van der Waals surface area contributed by atoms with Crippen LogP contribution in [0.25, 0.3) is 0 Å². The first kappa shape index (κ1) is 10.2. The number of nitrogens with zero attached hydrogens (tertiary/aromatic N) is 1. The maximum Gasteiger partial charge on any atom is 0.128 e. The highest BCUT2D eigenvalue weighted by Gasteiger charge is 2.40. The van der Waals surface area contributed by atoms with Gasteiger partial charge in [0.15, 0.2) is 0 Å². The molecule has 1 aromatic heterocycles. The Morgan fingerprint density at radius 1 is 1.35 bits per heavy atom. The number of aromatic nitrogens is 2. The van der Waals surface area contributed by atoms with E-state index in [0.29, 0.717) is 0 Å². The van der Waals surface area contributed by atoms with Crippen LogP contribution >= 0.6 is 0 Å². The minimum atomic E-state index is -0.263. The second kappa shape index (κ2) is 3.52. The Balaban J connectivity index is 1.97. The molecule has 0 saturated carbocycles. The van der Waals surface area contributed by atoms with Gasteiger partial charge in [-0.2, -0.15) is 5.10 Å². The minimum Gasteiger partial charge on any atom is -0.485 e. The van der Waals surface area contributed by atoms with Gasteiger partial charge in [-0.15, -0.1) is 0 Å². The summed E-state index contributed by atoms with van der Waals surface area (Å²) in [7, 11) is 0. The van der Waals surface area contributed by atoms with Crippen molar-refractivity contribution in [3.63, 3.8) is 0 Å². The van der Waals surface area contributed by atoms with Crippen LogP contribution in [0.15, 0.2) is 36.7 Å². The number of hydrogen-bond acceptors (Lipinski definition) is 3. The van der Waals surface area contributed by atoms with E-state index < -0.39 is 0 Å². The lowest BCUT2D eigenvalue weighted by Crippen LogP contribution is -2.34. The van der Waals surface area contributed by atoms with Crippen molar-refractivity contribution in [2.24, 2.45) is 0 Å². The standard InChI is InChI=1S/C13H15N3O/c1-13(2)12(16-9-7-14-15-8-9)10-5-3-4-6-11(10)17-13/h3-8,12,16H,1-2H3,(H,14,15). The van der Waals surface area contributed by atoms with Crippen LogP contribution in [0.1, 0.15) is 25.5 Å². The molecule has 1 aliphatic heterocycles. The molecule has 0 radical (unpaired) electrons. The first-order valence-electron chi connectivity index (χ1n) is 5.70. The summed E-state index contributed by atoms with van der Waals surface area (Å²) in [5.41, 5.74) is 1.91. The molecule has 2 heterocycles. The highest BCUT2D eigenvalue weighted by molar-refractivity contribution is 5.49. The predicted octanol–water partition coefficient (Wildman–Crippen LogP) is 2.73. The van der Waals surface area contributed by atoms with Gasteiger partial charge >= 0.3 is 0 Å². The fourth-order valence-electron chi connectivity index (χ4n) is 2.28. The number of anilines is 1. The molecule has 1 unspecified atom stereocenters. The van der Waals surface area contributed by atoms with Crippen LogP contribution in [0.3, 0.4) is 0 Å². The van der Waals surface area contributed by atoms with E-state index in [0.717, 1.165) is 11.4 Å². The molecule has 3 rings (SSSR count). The smallest absolute Gasteiger partial charge is 0.128 e. The highest BCUT2D eigenvalue weighted by Crippen LogP contribution is 2.44. The SMILES string of the molecule is CC1(C)Oc2ccccc2C1Nc1cn[nH]c1. The lowest BCUT2D eigenvalue weighted by Gasteiger charge is -2.27. The summed E-state index contributed by atoms with van der Waals surface area (Å²) in [4.78, 5) is 0. The van der Waals surface area contributed by atoms with Crippen LogP contribution in [0.2, 0.25) is 0 Å². The molecule has 88 valence electrons. The lowest BCUT2D eigenvalue weighted by molar-refractivity contribution is 0.118. The Hall–Kier alpha value is -1.97. The van der Waals surface area contributed by atoms with E-state index in [4.69, 9.17) is 4.74 Å². The predicted molar refractivity (Wildman–Crippen MR) is 66.1 cm³/mol. The van der Waals surface area contributed by atoms with Crippen molar-refractivity contribution in [3.8, 4) is 5.75 Å². The van der Waals surface area contributed by atoms with Gasteiger partial charge < -0.3 is 10.1 Å². The van der Waals surface area contributed by atoms with Gasteiger partial charge in [0.1, 0.15) is 11.4 Å². The molecule has 2 N–H and O–H groups in total. The van der Waals surface area contributed by atoms with Crippen molar-refractivity contribution >= 4 is 5.69 Å². The summed E-state index contributed by atoms with van der Waals surface area (Å²) in [6.07, 6.45) is 3.62. The highest BCUT2D eigenvalue weighted by atomic mass is 16.5. The molecule has 0 amide bonds. The average molecular weight is 229 g/mol. The summed E-state index contributed by atoms with van der Waals surface area (Å²) < 4.78 is 5.96. The summed E-state index contributed by atoms with van der Waals surface area (Å²) in [5.74, 6) is 0.957. The van der Waals surface area contributed by atoms with Crippen molar-refractivity contribution in [2.75, 3.05) is 5.32 Å². The number of benzene rings is 1. The maximum atomic E-state index is 5.96. The van der Waals surface area contributed by atoms with Gasteiger partial charge in [-0.3, -0.25) is 5.10 Å².